The van der Waals surface area contributed by atoms with E-state index in [-0.39, 0.29) is 12.1 Å². The van der Waals surface area contributed by atoms with E-state index in [0.29, 0.717) is 12.5 Å². The van der Waals surface area contributed by atoms with Gasteiger partial charge in [0.1, 0.15) is 12.4 Å². The largest absolute Gasteiger partial charge is 0.481 e. The van der Waals surface area contributed by atoms with Gasteiger partial charge in [0.2, 0.25) is 0 Å². The highest BCUT2D eigenvalue weighted by Gasteiger charge is 2.39. The molecule has 0 saturated carbocycles. The molecule has 0 aliphatic carbocycles. The first-order chi connectivity index (χ1) is 12.3. The number of hydrogen-bond acceptors (Lipinski definition) is 3. The van der Waals surface area contributed by atoms with Crippen LogP contribution in [-0.2, 0) is 4.74 Å². The fraction of sp³-hybridized carbons (Fsp3) is 0.364. The molecule has 0 bridgehead atoms. The molecule has 2 aliphatic heterocycles. The van der Waals surface area contributed by atoms with E-state index in [1.165, 1.54) is 28.8 Å². The molecule has 3 heteroatoms. The highest BCUT2D eigenvalue weighted by atomic mass is 16.5. The summed E-state index contributed by atoms with van der Waals surface area (Å²) in [5.41, 5.74) is 5.03. The first-order valence-electron chi connectivity index (χ1n) is 8.91. The van der Waals surface area contributed by atoms with Crippen molar-refractivity contribution in [1.29, 1.82) is 0 Å². The molecule has 0 radical (unpaired) electrons. The second-order valence-electron chi connectivity index (χ2n) is 6.87. The Morgan fingerprint density at radius 3 is 2.88 bits per heavy atom. The summed E-state index contributed by atoms with van der Waals surface area (Å²) in [6, 6.07) is 15.1. The fourth-order valence-corrected chi connectivity index (χ4v) is 4.02. The van der Waals surface area contributed by atoms with Gasteiger partial charge in [0.05, 0.1) is 12.1 Å². The maximum absolute atomic E-state index is 6.21. The number of benzene rings is 2. The number of fused-ring (bicyclic) bond motifs is 3. The first-order valence-corrected chi connectivity index (χ1v) is 8.91. The molecule has 1 saturated heterocycles. The maximum atomic E-state index is 6.21. The van der Waals surface area contributed by atoms with Crippen molar-refractivity contribution >= 4 is 5.69 Å². The summed E-state index contributed by atoms with van der Waals surface area (Å²) in [4.78, 5) is 0. The first kappa shape index (κ1) is 16.1. The standard InChI is InChI=1S/C22H23NO2/c1-3-12-24-17-9-7-16(8-10-17)21-18-5-4-13-25-22(18)19-14-15(2)6-11-20(19)23-21/h1,6-11,14,18,21-23H,4-5,12-13H2,2H3. The molecule has 2 aliphatic rings. The summed E-state index contributed by atoms with van der Waals surface area (Å²) in [6.07, 6.45) is 7.71. The quantitative estimate of drug-likeness (QED) is 0.830. The van der Waals surface area contributed by atoms with Gasteiger partial charge in [-0.3, -0.25) is 0 Å². The SMILES string of the molecule is C#CCOc1ccc(C2Nc3ccc(C)cc3C3OCCCC23)cc1. The Bertz CT molecular complexity index is 791. The number of hydrogen-bond donors (Lipinski definition) is 1. The van der Waals surface area contributed by atoms with Gasteiger partial charge in [0, 0.05) is 23.8 Å². The third kappa shape index (κ3) is 3.10. The average molecular weight is 333 g/mol. The normalized spacial score (nSPS) is 24.4. The molecule has 1 N–H and O–H groups in total. The van der Waals surface area contributed by atoms with Gasteiger partial charge in [0.15, 0.2) is 0 Å². The van der Waals surface area contributed by atoms with Crippen LogP contribution in [0.25, 0.3) is 0 Å². The summed E-state index contributed by atoms with van der Waals surface area (Å²) in [6.45, 7) is 3.28. The molecule has 25 heavy (non-hydrogen) atoms. The van der Waals surface area contributed by atoms with Gasteiger partial charge in [-0.25, -0.2) is 0 Å². The zero-order chi connectivity index (χ0) is 17.2. The molecule has 3 unspecified atom stereocenters. The smallest absolute Gasteiger partial charge is 0.148 e. The van der Waals surface area contributed by atoms with E-state index in [4.69, 9.17) is 15.9 Å². The van der Waals surface area contributed by atoms with E-state index in [2.05, 4.69) is 48.5 Å². The van der Waals surface area contributed by atoms with E-state index in [1.54, 1.807) is 0 Å². The summed E-state index contributed by atoms with van der Waals surface area (Å²) >= 11 is 0. The maximum Gasteiger partial charge on any atom is 0.148 e. The van der Waals surface area contributed by atoms with Crippen LogP contribution in [0, 0.1) is 25.2 Å². The van der Waals surface area contributed by atoms with Gasteiger partial charge in [-0.15, -0.1) is 6.42 Å². The minimum absolute atomic E-state index is 0.173. The molecule has 3 atom stereocenters. The zero-order valence-electron chi connectivity index (χ0n) is 14.5. The summed E-state index contributed by atoms with van der Waals surface area (Å²) < 4.78 is 11.7. The van der Waals surface area contributed by atoms with Gasteiger partial charge in [-0.2, -0.15) is 0 Å². The van der Waals surface area contributed by atoms with Crippen LogP contribution in [-0.4, -0.2) is 13.2 Å². The van der Waals surface area contributed by atoms with Crippen molar-refractivity contribution in [3.63, 3.8) is 0 Å². The highest BCUT2D eigenvalue weighted by molar-refractivity contribution is 5.58. The molecule has 2 heterocycles. The van der Waals surface area contributed by atoms with Crippen LogP contribution >= 0.6 is 0 Å². The van der Waals surface area contributed by atoms with Gasteiger partial charge < -0.3 is 14.8 Å². The molecule has 0 aromatic heterocycles. The van der Waals surface area contributed by atoms with Crippen LogP contribution in [0.5, 0.6) is 5.75 Å². The molecule has 4 rings (SSSR count). The average Bonchev–Trinajstić information content (AvgIpc) is 2.66. The molecule has 0 spiro atoms. The highest BCUT2D eigenvalue weighted by Crippen LogP contribution is 2.49. The third-order valence-corrected chi connectivity index (χ3v) is 5.18. The summed E-state index contributed by atoms with van der Waals surface area (Å²) in [5, 5.41) is 3.75. The predicted molar refractivity (Wildman–Crippen MR) is 99.7 cm³/mol. The fourth-order valence-electron chi connectivity index (χ4n) is 4.02. The molecular formula is C22H23NO2. The van der Waals surface area contributed by atoms with Crippen molar-refractivity contribution in [2.24, 2.45) is 5.92 Å². The number of nitrogens with one attached hydrogen (secondary N) is 1. The summed E-state index contributed by atoms with van der Waals surface area (Å²) in [5.74, 6) is 3.75. The van der Waals surface area contributed by atoms with Crippen molar-refractivity contribution in [1.82, 2.24) is 0 Å². The second-order valence-corrected chi connectivity index (χ2v) is 6.87. The van der Waals surface area contributed by atoms with Crippen LogP contribution in [0.3, 0.4) is 0 Å². The second kappa shape index (κ2) is 6.82. The molecule has 2 aromatic carbocycles. The molecule has 0 amide bonds. The van der Waals surface area contributed by atoms with E-state index >= 15 is 0 Å². The van der Waals surface area contributed by atoms with Crippen molar-refractivity contribution < 1.29 is 9.47 Å². The number of ether oxygens (including phenoxy) is 2. The lowest BCUT2D eigenvalue weighted by Gasteiger charge is -2.43. The van der Waals surface area contributed by atoms with E-state index in [0.717, 1.165) is 18.8 Å². The Hall–Kier alpha value is -2.44. The summed E-state index contributed by atoms with van der Waals surface area (Å²) in [7, 11) is 0. The van der Waals surface area contributed by atoms with Crippen LogP contribution in [0.15, 0.2) is 42.5 Å². The molecular weight excluding hydrogens is 310 g/mol. The van der Waals surface area contributed by atoms with Gasteiger partial charge >= 0.3 is 0 Å². The Morgan fingerprint density at radius 1 is 1.24 bits per heavy atom. The van der Waals surface area contributed by atoms with Crippen molar-refractivity contribution in [2.75, 3.05) is 18.5 Å². The Morgan fingerprint density at radius 2 is 2.08 bits per heavy atom. The Balaban J connectivity index is 1.65. The number of rotatable bonds is 3. The van der Waals surface area contributed by atoms with Crippen molar-refractivity contribution in [3.8, 4) is 18.1 Å². The van der Waals surface area contributed by atoms with Crippen LogP contribution in [0.4, 0.5) is 5.69 Å². The van der Waals surface area contributed by atoms with Crippen molar-refractivity contribution in [3.05, 3.63) is 59.2 Å². The Kier molecular flexibility index (Phi) is 4.38. The minimum Gasteiger partial charge on any atom is -0.481 e. The van der Waals surface area contributed by atoms with E-state index in [1.807, 2.05) is 12.1 Å². The predicted octanol–water partition coefficient (Wildman–Crippen LogP) is 4.64. The topological polar surface area (TPSA) is 30.5 Å². The lowest BCUT2D eigenvalue weighted by Crippen LogP contribution is -2.36. The lowest BCUT2D eigenvalue weighted by atomic mass is 9.77. The van der Waals surface area contributed by atoms with Gasteiger partial charge in [-0.05, 0) is 43.5 Å². The number of terminal acetylenes is 1. The molecule has 128 valence electrons. The molecule has 3 nitrogen and oxygen atoms in total. The van der Waals surface area contributed by atoms with E-state index < -0.39 is 0 Å². The van der Waals surface area contributed by atoms with Gasteiger partial charge in [0.25, 0.3) is 0 Å². The molecule has 1 fully saturated rings. The number of anilines is 1. The monoisotopic (exact) mass is 333 g/mol. The number of aryl methyl sites for hydroxylation is 1. The molecule has 2 aromatic rings. The van der Waals surface area contributed by atoms with Crippen LogP contribution in [0.2, 0.25) is 0 Å². The van der Waals surface area contributed by atoms with E-state index in [9.17, 15) is 0 Å². The third-order valence-electron chi connectivity index (χ3n) is 5.18. The van der Waals surface area contributed by atoms with Crippen molar-refractivity contribution in [2.45, 2.75) is 31.9 Å². The zero-order valence-corrected chi connectivity index (χ0v) is 14.5. The van der Waals surface area contributed by atoms with Gasteiger partial charge in [-0.1, -0.05) is 35.7 Å². The minimum atomic E-state index is 0.173. The van der Waals surface area contributed by atoms with Crippen LogP contribution < -0.4 is 10.1 Å². The van der Waals surface area contributed by atoms with Crippen LogP contribution in [0.1, 0.15) is 41.7 Å². The lowest BCUT2D eigenvalue weighted by molar-refractivity contribution is -0.0381. The Labute approximate surface area is 149 Å².